The summed E-state index contributed by atoms with van der Waals surface area (Å²) in [5.74, 6) is -0.172. The van der Waals surface area contributed by atoms with Gasteiger partial charge in [0.15, 0.2) is 10.8 Å². The highest BCUT2D eigenvalue weighted by Gasteiger charge is 2.28. The van der Waals surface area contributed by atoms with Gasteiger partial charge < -0.3 is 4.74 Å². The average Bonchev–Trinajstić information content (AvgIpc) is 3.35. The number of nitrogens with zero attached hydrogens (tertiary/aromatic N) is 4. The molecule has 1 aromatic carbocycles. The van der Waals surface area contributed by atoms with Crippen molar-refractivity contribution in [1.29, 1.82) is 0 Å². The first-order valence-electron chi connectivity index (χ1n) is 8.51. The summed E-state index contributed by atoms with van der Waals surface area (Å²) in [5, 5.41) is 5.53. The monoisotopic (exact) mass is 390 g/mol. The normalized spacial score (nSPS) is 17.1. The van der Waals surface area contributed by atoms with Crippen molar-refractivity contribution in [2.24, 2.45) is 7.05 Å². The highest BCUT2D eigenvalue weighted by Crippen LogP contribution is 2.36. The van der Waals surface area contributed by atoms with Crippen molar-refractivity contribution in [3.8, 4) is 0 Å². The molecular formula is C18H19ClN4O2S. The van der Waals surface area contributed by atoms with E-state index in [4.69, 9.17) is 21.3 Å². The number of hydrogen-bond donors (Lipinski definition) is 0. The number of carbonyl (C=O) groups is 1. The molecular weight excluding hydrogens is 372 g/mol. The Hall–Kier alpha value is -1.96. The molecule has 8 heteroatoms. The number of aryl methyl sites for hydroxylation is 2. The number of anilines is 1. The zero-order valence-corrected chi connectivity index (χ0v) is 16.2. The first-order valence-corrected chi connectivity index (χ1v) is 9.71. The van der Waals surface area contributed by atoms with Crippen LogP contribution in [0.2, 0.25) is 5.02 Å². The van der Waals surface area contributed by atoms with Gasteiger partial charge >= 0.3 is 0 Å². The summed E-state index contributed by atoms with van der Waals surface area (Å²) in [5.41, 5.74) is 2.27. The second kappa shape index (κ2) is 6.98. The lowest BCUT2D eigenvalue weighted by molar-refractivity contribution is 0.0913. The number of amides is 1. The maximum absolute atomic E-state index is 13.1. The Morgan fingerprint density at radius 2 is 2.31 bits per heavy atom. The first kappa shape index (κ1) is 17.5. The van der Waals surface area contributed by atoms with Crippen LogP contribution in [0.25, 0.3) is 10.2 Å². The Bertz CT molecular complexity index is 922. The minimum Gasteiger partial charge on any atom is -0.376 e. The zero-order valence-electron chi connectivity index (χ0n) is 14.6. The predicted molar refractivity (Wildman–Crippen MR) is 103 cm³/mol. The van der Waals surface area contributed by atoms with Crippen molar-refractivity contribution in [1.82, 2.24) is 14.8 Å². The van der Waals surface area contributed by atoms with Crippen molar-refractivity contribution in [2.45, 2.75) is 25.9 Å². The maximum atomic E-state index is 13.1. The summed E-state index contributed by atoms with van der Waals surface area (Å²) < 4.78 is 8.27. The average molecular weight is 391 g/mol. The molecule has 0 saturated carbocycles. The third-order valence-corrected chi connectivity index (χ3v) is 6.04. The van der Waals surface area contributed by atoms with E-state index >= 15 is 0 Å². The van der Waals surface area contributed by atoms with Crippen LogP contribution in [0.15, 0.2) is 24.4 Å². The van der Waals surface area contributed by atoms with Crippen molar-refractivity contribution >= 4 is 44.2 Å². The summed E-state index contributed by atoms with van der Waals surface area (Å²) in [7, 11) is 1.79. The van der Waals surface area contributed by atoms with Crippen molar-refractivity contribution in [3.05, 3.63) is 40.7 Å². The van der Waals surface area contributed by atoms with Gasteiger partial charge in [0.2, 0.25) is 0 Å². The second-order valence-corrected chi connectivity index (χ2v) is 7.85. The molecule has 0 spiro atoms. The Labute approximate surface area is 160 Å². The molecule has 0 unspecified atom stereocenters. The molecule has 1 aliphatic rings. The number of fused-ring (bicyclic) bond motifs is 1. The summed E-state index contributed by atoms with van der Waals surface area (Å²) in [6.07, 6.45) is 3.74. The molecule has 136 valence electrons. The number of thiazole rings is 1. The lowest BCUT2D eigenvalue weighted by Gasteiger charge is -2.22. The number of carbonyl (C=O) groups excluding carboxylic acids is 1. The van der Waals surface area contributed by atoms with Gasteiger partial charge in [0.1, 0.15) is 0 Å². The number of aromatic nitrogens is 3. The molecule has 3 aromatic rings. The van der Waals surface area contributed by atoms with Gasteiger partial charge in [-0.05, 0) is 37.5 Å². The zero-order chi connectivity index (χ0) is 18.3. The van der Waals surface area contributed by atoms with E-state index in [2.05, 4.69) is 5.10 Å². The minimum absolute atomic E-state index is 0.0197. The molecule has 1 fully saturated rings. The fourth-order valence-electron chi connectivity index (χ4n) is 3.11. The second-order valence-electron chi connectivity index (χ2n) is 6.46. The van der Waals surface area contributed by atoms with E-state index in [9.17, 15) is 4.79 Å². The van der Waals surface area contributed by atoms with Gasteiger partial charge in [-0.25, -0.2) is 4.98 Å². The largest absolute Gasteiger partial charge is 0.376 e. The van der Waals surface area contributed by atoms with Gasteiger partial charge in [0.25, 0.3) is 5.91 Å². The maximum Gasteiger partial charge on any atom is 0.280 e. The fraction of sp³-hybridized carbons (Fsp3) is 0.389. The molecule has 2 aromatic heterocycles. The number of halogens is 1. The van der Waals surface area contributed by atoms with Crippen molar-refractivity contribution < 1.29 is 9.53 Å². The SMILES string of the molecule is Cc1ccc(Cl)c2sc(N(C[C@H]3CCCO3)C(=O)c3ccn(C)n3)nc12. The molecule has 26 heavy (non-hydrogen) atoms. The Morgan fingerprint density at radius 1 is 1.46 bits per heavy atom. The quantitative estimate of drug-likeness (QED) is 0.679. The minimum atomic E-state index is -0.172. The molecule has 0 aliphatic carbocycles. The van der Waals surface area contributed by atoms with Crippen LogP contribution >= 0.6 is 22.9 Å². The van der Waals surface area contributed by atoms with E-state index in [-0.39, 0.29) is 12.0 Å². The van der Waals surface area contributed by atoms with E-state index in [0.717, 1.165) is 35.2 Å². The summed E-state index contributed by atoms with van der Waals surface area (Å²) in [4.78, 5) is 19.5. The third-order valence-electron chi connectivity index (χ3n) is 4.50. The van der Waals surface area contributed by atoms with Crippen molar-refractivity contribution in [2.75, 3.05) is 18.1 Å². The lowest BCUT2D eigenvalue weighted by Crippen LogP contribution is -2.37. The van der Waals surface area contributed by atoms with Crippen LogP contribution in [0.1, 0.15) is 28.9 Å². The van der Waals surface area contributed by atoms with Crippen LogP contribution in [-0.2, 0) is 11.8 Å². The summed E-state index contributed by atoms with van der Waals surface area (Å²) in [6.45, 7) is 3.19. The van der Waals surface area contributed by atoms with E-state index in [1.54, 1.807) is 28.9 Å². The molecule has 0 radical (unpaired) electrons. The van der Waals surface area contributed by atoms with Gasteiger partial charge in [0.05, 0.1) is 27.9 Å². The molecule has 0 N–H and O–H groups in total. The molecule has 1 aliphatic heterocycles. The van der Waals surface area contributed by atoms with Crippen LogP contribution in [0.5, 0.6) is 0 Å². The highest BCUT2D eigenvalue weighted by molar-refractivity contribution is 7.23. The third kappa shape index (κ3) is 3.22. The highest BCUT2D eigenvalue weighted by atomic mass is 35.5. The van der Waals surface area contributed by atoms with Gasteiger partial charge in [-0.1, -0.05) is 29.0 Å². The topological polar surface area (TPSA) is 60.2 Å². The predicted octanol–water partition coefficient (Wildman–Crippen LogP) is 3.82. The van der Waals surface area contributed by atoms with Gasteiger partial charge in [-0.15, -0.1) is 0 Å². The number of benzene rings is 1. The fourth-order valence-corrected chi connectivity index (χ4v) is 4.44. The number of ether oxygens (including phenoxy) is 1. The Balaban J connectivity index is 1.75. The standard InChI is InChI=1S/C18H19ClN4O2S/c1-11-5-6-13(19)16-15(11)20-18(26-16)23(10-12-4-3-9-25-12)17(24)14-7-8-22(2)21-14/h5-8,12H,3-4,9-10H2,1-2H3/t12-/m1/s1. The molecule has 1 atom stereocenters. The van der Waals surface area contributed by atoms with Crippen LogP contribution in [0.4, 0.5) is 5.13 Å². The van der Waals surface area contributed by atoms with Crippen LogP contribution in [-0.4, -0.2) is 39.9 Å². The summed E-state index contributed by atoms with van der Waals surface area (Å²) >= 11 is 7.78. The number of rotatable bonds is 4. The van der Waals surface area contributed by atoms with Gasteiger partial charge in [-0.2, -0.15) is 5.10 Å². The number of hydrogen-bond acceptors (Lipinski definition) is 5. The smallest absolute Gasteiger partial charge is 0.280 e. The lowest BCUT2D eigenvalue weighted by atomic mass is 10.2. The molecule has 1 saturated heterocycles. The van der Waals surface area contributed by atoms with E-state index < -0.39 is 0 Å². The van der Waals surface area contributed by atoms with Gasteiger partial charge in [0, 0.05) is 19.9 Å². The molecule has 6 nitrogen and oxygen atoms in total. The molecule has 1 amide bonds. The van der Waals surface area contributed by atoms with E-state index in [1.807, 2.05) is 19.1 Å². The Kier molecular flexibility index (Phi) is 4.69. The van der Waals surface area contributed by atoms with E-state index in [0.29, 0.717) is 22.4 Å². The molecule has 4 rings (SSSR count). The van der Waals surface area contributed by atoms with Crippen LogP contribution in [0.3, 0.4) is 0 Å². The summed E-state index contributed by atoms with van der Waals surface area (Å²) in [6, 6.07) is 5.53. The first-order chi connectivity index (χ1) is 12.5. The van der Waals surface area contributed by atoms with Crippen LogP contribution in [0, 0.1) is 6.92 Å². The Morgan fingerprint density at radius 3 is 2.96 bits per heavy atom. The van der Waals surface area contributed by atoms with Crippen LogP contribution < -0.4 is 4.90 Å². The van der Waals surface area contributed by atoms with Crippen molar-refractivity contribution in [3.63, 3.8) is 0 Å². The molecule has 0 bridgehead atoms. The molecule has 3 heterocycles. The van der Waals surface area contributed by atoms with Gasteiger partial charge in [-0.3, -0.25) is 14.4 Å². The van der Waals surface area contributed by atoms with E-state index in [1.165, 1.54) is 11.3 Å².